The summed E-state index contributed by atoms with van der Waals surface area (Å²) >= 11 is 0. The van der Waals surface area contributed by atoms with E-state index in [0.29, 0.717) is 12.0 Å². The van der Waals surface area contributed by atoms with Gasteiger partial charge in [-0.05, 0) is 19.9 Å². The lowest BCUT2D eigenvalue weighted by Gasteiger charge is -2.45. The van der Waals surface area contributed by atoms with Gasteiger partial charge in [-0.15, -0.1) is 0 Å². The fourth-order valence-corrected chi connectivity index (χ4v) is 3.37. The van der Waals surface area contributed by atoms with Crippen molar-refractivity contribution in [1.29, 1.82) is 0 Å². The molecule has 0 aromatic rings. The van der Waals surface area contributed by atoms with E-state index in [0.717, 1.165) is 58.8 Å². The molecule has 0 bridgehead atoms. The smallest absolute Gasteiger partial charge is 0.0881 e. The second kappa shape index (κ2) is 6.85. The lowest BCUT2D eigenvalue weighted by molar-refractivity contribution is -0.136. The zero-order chi connectivity index (χ0) is 12.8. The van der Waals surface area contributed by atoms with Crippen LogP contribution in [0.1, 0.15) is 33.1 Å². The van der Waals surface area contributed by atoms with Gasteiger partial charge in [0, 0.05) is 51.2 Å². The van der Waals surface area contributed by atoms with E-state index in [-0.39, 0.29) is 5.60 Å². The molecule has 18 heavy (non-hydrogen) atoms. The minimum atomic E-state index is -0.0542. The molecule has 0 radical (unpaired) electrons. The molecule has 1 N–H and O–H groups in total. The van der Waals surface area contributed by atoms with Crippen molar-refractivity contribution in [2.45, 2.75) is 44.8 Å². The monoisotopic (exact) mass is 257 g/mol. The predicted molar refractivity (Wildman–Crippen MR) is 70.8 cm³/mol. The highest BCUT2D eigenvalue weighted by molar-refractivity contribution is 4.99. The first-order valence-electron chi connectivity index (χ1n) is 7.35. The third-order valence-corrected chi connectivity index (χ3v) is 4.20. The quantitative estimate of drug-likeness (QED) is 0.784. The van der Waals surface area contributed by atoms with Crippen molar-refractivity contribution in [3.05, 3.63) is 0 Å². The highest BCUT2D eigenvalue weighted by Gasteiger charge is 2.45. The normalized spacial score (nSPS) is 29.3. The highest BCUT2D eigenvalue weighted by atomic mass is 16.5. The average Bonchev–Trinajstić information content (AvgIpc) is 2.91. The van der Waals surface area contributed by atoms with Crippen molar-refractivity contribution in [2.75, 3.05) is 39.6 Å². The molecule has 0 aromatic heterocycles. The van der Waals surface area contributed by atoms with Crippen LogP contribution in [0.25, 0.3) is 0 Å². The Labute approximate surface area is 110 Å². The molecular formula is C14H27NO3. The van der Waals surface area contributed by atoms with Crippen LogP contribution in [-0.4, -0.2) is 51.2 Å². The maximum atomic E-state index is 6.20. The van der Waals surface area contributed by atoms with Gasteiger partial charge >= 0.3 is 0 Å². The molecule has 2 unspecified atom stereocenters. The second-order valence-corrected chi connectivity index (χ2v) is 5.27. The van der Waals surface area contributed by atoms with Crippen LogP contribution in [0.15, 0.2) is 0 Å². The molecule has 2 rings (SSSR count). The lowest BCUT2D eigenvalue weighted by Crippen LogP contribution is -2.59. The zero-order valence-corrected chi connectivity index (χ0v) is 11.7. The van der Waals surface area contributed by atoms with E-state index in [4.69, 9.17) is 14.2 Å². The lowest BCUT2D eigenvalue weighted by atomic mass is 9.78. The maximum absolute atomic E-state index is 6.20. The summed E-state index contributed by atoms with van der Waals surface area (Å²) in [4.78, 5) is 0. The van der Waals surface area contributed by atoms with Gasteiger partial charge in [0.15, 0.2) is 0 Å². The second-order valence-electron chi connectivity index (χ2n) is 5.27. The molecule has 2 atom stereocenters. The van der Waals surface area contributed by atoms with E-state index in [2.05, 4.69) is 19.2 Å². The number of hydrogen-bond acceptors (Lipinski definition) is 4. The Balaban J connectivity index is 2.12. The van der Waals surface area contributed by atoms with Gasteiger partial charge in [-0.1, -0.05) is 6.92 Å². The van der Waals surface area contributed by atoms with Crippen LogP contribution >= 0.6 is 0 Å². The maximum Gasteiger partial charge on any atom is 0.0881 e. The van der Waals surface area contributed by atoms with Gasteiger partial charge in [0.2, 0.25) is 0 Å². The van der Waals surface area contributed by atoms with Crippen molar-refractivity contribution in [3.8, 4) is 0 Å². The fraction of sp³-hybridized carbons (Fsp3) is 1.00. The predicted octanol–water partition coefficient (Wildman–Crippen LogP) is 1.59. The molecule has 2 aliphatic rings. The summed E-state index contributed by atoms with van der Waals surface area (Å²) in [5.41, 5.74) is -0.0542. The summed E-state index contributed by atoms with van der Waals surface area (Å²) in [6, 6.07) is 0.397. The van der Waals surface area contributed by atoms with Gasteiger partial charge in [0.25, 0.3) is 0 Å². The molecule has 2 heterocycles. The molecular weight excluding hydrogens is 230 g/mol. The van der Waals surface area contributed by atoms with Crippen molar-refractivity contribution in [3.63, 3.8) is 0 Å². The first kappa shape index (κ1) is 14.3. The molecule has 2 aliphatic heterocycles. The third-order valence-electron chi connectivity index (χ3n) is 4.20. The van der Waals surface area contributed by atoms with Crippen LogP contribution < -0.4 is 5.32 Å². The van der Waals surface area contributed by atoms with Crippen LogP contribution in [0.5, 0.6) is 0 Å². The summed E-state index contributed by atoms with van der Waals surface area (Å²) < 4.78 is 17.3. The number of nitrogens with one attached hydrogen (secondary N) is 1. The van der Waals surface area contributed by atoms with E-state index in [9.17, 15) is 0 Å². The Bertz CT molecular complexity index is 230. The van der Waals surface area contributed by atoms with Crippen LogP contribution in [0.2, 0.25) is 0 Å². The molecule has 4 heteroatoms. The van der Waals surface area contributed by atoms with Crippen molar-refractivity contribution < 1.29 is 14.2 Å². The van der Waals surface area contributed by atoms with E-state index in [1.165, 1.54) is 0 Å². The van der Waals surface area contributed by atoms with Gasteiger partial charge in [0.05, 0.1) is 12.2 Å². The number of ether oxygens (including phenoxy) is 3. The number of rotatable bonds is 6. The Morgan fingerprint density at radius 2 is 2.00 bits per heavy atom. The van der Waals surface area contributed by atoms with Gasteiger partial charge in [-0.2, -0.15) is 0 Å². The van der Waals surface area contributed by atoms with Crippen LogP contribution in [-0.2, 0) is 14.2 Å². The van der Waals surface area contributed by atoms with E-state index < -0.39 is 0 Å². The summed E-state index contributed by atoms with van der Waals surface area (Å²) in [6.45, 7) is 9.41. The molecule has 0 aliphatic carbocycles. The molecule has 0 spiro atoms. The van der Waals surface area contributed by atoms with Crippen LogP contribution in [0, 0.1) is 5.92 Å². The Kier molecular flexibility index (Phi) is 5.42. The highest BCUT2D eigenvalue weighted by Crippen LogP contribution is 2.35. The minimum Gasteiger partial charge on any atom is -0.381 e. The first-order chi connectivity index (χ1) is 8.82. The van der Waals surface area contributed by atoms with E-state index >= 15 is 0 Å². The molecule has 0 aromatic carbocycles. The first-order valence-corrected chi connectivity index (χ1v) is 7.35. The van der Waals surface area contributed by atoms with E-state index in [1.807, 2.05) is 0 Å². The Hall–Kier alpha value is -0.160. The molecule has 4 nitrogen and oxygen atoms in total. The van der Waals surface area contributed by atoms with E-state index in [1.54, 1.807) is 0 Å². The molecule has 0 amide bonds. The van der Waals surface area contributed by atoms with Crippen molar-refractivity contribution in [2.24, 2.45) is 5.92 Å². The zero-order valence-electron chi connectivity index (χ0n) is 11.7. The fourth-order valence-electron chi connectivity index (χ4n) is 3.37. The number of hydrogen-bond donors (Lipinski definition) is 1. The van der Waals surface area contributed by atoms with Gasteiger partial charge in [0.1, 0.15) is 0 Å². The third kappa shape index (κ3) is 3.05. The minimum absolute atomic E-state index is 0.0542. The Morgan fingerprint density at radius 3 is 2.56 bits per heavy atom. The number of likely N-dealkylation sites (N-methyl/N-ethyl adjacent to an activating group) is 1. The molecule has 2 saturated heterocycles. The van der Waals surface area contributed by atoms with Crippen LogP contribution in [0.3, 0.4) is 0 Å². The van der Waals surface area contributed by atoms with Gasteiger partial charge in [-0.25, -0.2) is 0 Å². The summed E-state index contributed by atoms with van der Waals surface area (Å²) in [5, 5.41) is 3.66. The standard InChI is InChI=1S/C14H27NO3/c1-3-15-13(12-5-8-17-11-12)14(18-4-2)6-9-16-10-7-14/h12-13,15H,3-11H2,1-2H3. The van der Waals surface area contributed by atoms with Gasteiger partial charge < -0.3 is 19.5 Å². The summed E-state index contributed by atoms with van der Waals surface area (Å²) in [7, 11) is 0. The SMILES string of the molecule is CCNC(C1CCOC1)C1(OCC)CCOCC1. The van der Waals surface area contributed by atoms with Crippen molar-refractivity contribution >= 4 is 0 Å². The molecule has 106 valence electrons. The molecule has 0 saturated carbocycles. The summed E-state index contributed by atoms with van der Waals surface area (Å²) in [5.74, 6) is 0.578. The topological polar surface area (TPSA) is 39.7 Å². The summed E-state index contributed by atoms with van der Waals surface area (Å²) in [6.07, 6.45) is 3.14. The average molecular weight is 257 g/mol. The van der Waals surface area contributed by atoms with Crippen LogP contribution in [0.4, 0.5) is 0 Å². The van der Waals surface area contributed by atoms with Crippen molar-refractivity contribution in [1.82, 2.24) is 5.32 Å². The molecule has 2 fully saturated rings. The van der Waals surface area contributed by atoms with Gasteiger partial charge in [-0.3, -0.25) is 0 Å². The Morgan fingerprint density at radius 1 is 1.22 bits per heavy atom. The largest absolute Gasteiger partial charge is 0.381 e.